The van der Waals surface area contributed by atoms with E-state index in [-0.39, 0.29) is 19.3 Å². The molecule has 3 amide bonds. The van der Waals surface area contributed by atoms with E-state index in [4.69, 9.17) is 21.7 Å². The summed E-state index contributed by atoms with van der Waals surface area (Å²) >= 11 is 1.44. The monoisotopic (exact) mass is 364 g/mol. The van der Waals surface area contributed by atoms with Crippen LogP contribution in [0, 0.1) is 0 Å². The molecule has 3 atom stereocenters. The van der Waals surface area contributed by atoms with Crippen LogP contribution in [0.15, 0.2) is 0 Å². The van der Waals surface area contributed by atoms with Crippen molar-refractivity contribution >= 4 is 35.5 Å². The van der Waals surface area contributed by atoms with Crippen LogP contribution in [0.25, 0.3) is 0 Å². The third kappa shape index (κ3) is 8.70. The number of hydrogen-bond acceptors (Lipinski definition) is 7. The molecule has 0 rings (SSSR count). The summed E-state index contributed by atoms with van der Waals surface area (Å²) in [6.45, 7) is -0.775. The van der Waals surface area contributed by atoms with Crippen LogP contribution in [0.5, 0.6) is 0 Å². The molecule has 24 heavy (non-hydrogen) atoms. The van der Waals surface area contributed by atoms with Crippen LogP contribution in [0.4, 0.5) is 0 Å². The van der Waals surface area contributed by atoms with Gasteiger partial charge in [-0.3, -0.25) is 14.4 Å². The number of thioether (sulfide) groups is 1. The average molecular weight is 364 g/mol. The van der Waals surface area contributed by atoms with E-state index in [1.165, 1.54) is 11.8 Å². The third-order valence-electron chi connectivity index (χ3n) is 3.08. The summed E-state index contributed by atoms with van der Waals surface area (Å²) < 4.78 is 0. The van der Waals surface area contributed by atoms with Crippen molar-refractivity contribution in [3.63, 3.8) is 0 Å². The summed E-state index contributed by atoms with van der Waals surface area (Å²) in [5.41, 5.74) is 10.6. The molecule has 3 unspecified atom stereocenters. The highest BCUT2D eigenvalue weighted by atomic mass is 32.2. The molecule has 0 aromatic rings. The molecule has 0 fully saturated rings. The molecule has 138 valence electrons. The summed E-state index contributed by atoms with van der Waals surface area (Å²) in [4.78, 5) is 45.7. The number of nitrogens with two attached hydrogens (primary N) is 2. The first kappa shape index (κ1) is 22.1. The fourth-order valence-corrected chi connectivity index (χ4v) is 2.14. The molecule has 0 saturated carbocycles. The fourth-order valence-electron chi connectivity index (χ4n) is 1.67. The number of carboxylic acid groups (broad SMARTS) is 1. The SMILES string of the molecule is CSCCC(NC(=O)C(N)CCC(N)=O)C(=O)NC(CO)C(=O)O. The van der Waals surface area contributed by atoms with E-state index in [0.29, 0.717) is 5.75 Å². The number of carbonyl (C=O) groups excluding carboxylic acids is 3. The summed E-state index contributed by atoms with van der Waals surface area (Å²) in [6, 6.07) is -3.48. The van der Waals surface area contributed by atoms with E-state index in [1.54, 1.807) is 0 Å². The Morgan fingerprint density at radius 2 is 1.67 bits per heavy atom. The number of carbonyl (C=O) groups is 4. The van der Waals surface area contributed by atoms with Crippen molar-refractivity contribution in [3.05, 3.63) is 0 Å². The number of primary amides is 1. The minimum atomic E-state index is -1.46. The number of aliphatic carboxylic acids is 1. The Hall–Kier alpha value is -1.85. The first-order valence-electron chi connectivity index (χ1n) is 7.20. The summed E-state index contributed by atoms with van der Waals surface area (Å²) in [6.07, 6.45) is 2.02. The predicted octanol–water partition coefficient (Wildman–Crippen LogP) is -2.62. The molecular weight excluding hydrogens is 340 g/mol. The molecule has 8 N–H and O–H groups in total. The molecular formula is C13H24N4O6S. The smallest absolute Gasteiger partial charge is 0.328 e. The number of rotatable bonds is 12. The van der Waals surface area contributed by atoms with Gasteiger partial charge in [0.2, 0.25) is 17.7 Å². The lowest BCUT2D eigenvalue weighted by molar-refractivity contribution is -0.143. The molecule has 0 bridgehead atoms. The zero-order valence-electron chi connectivity index (χ0n) is 13.4. The van der Waals surface area contributed by atoms with Gasteiger partial charge in [0.15, 0.2) is 0 Å². The van der Waals surface area contributed by atoms with Gasteiger partial charge in [0, 0.05) is 6.42 Å². The number of hydrogen-bond donors (Lipinski definition) is 6. The van der Waals surface area contributed by atoms with Gasteiger partial charge >= 0.3 is 5.97 Å². The maximum Gasteiger partial charge on any atom is 0.328 e. The van der Waals surface area contributed by atoms with Crippen molar-refractivity contribution in [3.8, 4) is 0 Å². The highest BCUT2D eigenvalue weighted by Crippen LogP contribution is 2.03. The Morgan fingerprint density at radius 3 is 2.12 bits per heavy atom. The maximum atomic E-state index is 12.1. The highest BCUT2D eigenvalue weighted by molar-refractivity contribution is 7.98. The third-order valence-corrected chi connectivity index (χ3v) is 3.72. The van der Waals surface area contributed by atoms with Crippen molar-refractivity contribution in [1.29, 1.82) is 0 Å². The topological polar surface area (TPSA) is 185 Å². The normalized spacial score (nSPS) is 14.3. The molecule has 0 aromatic carbocycles. The van der Waals surface area contributed by atoms with E-state index < -0.39 is 48.4 Å². The van der Waals surface area contributed by atoms with Crippen molar-refractivity contribution in [2.75, 3.05) is 18.6 Å². The Labute approximate surface area is 143 Å². The highest BCUT2D eigenvalue weighted by Gasteiger charge is 2.27. The Balaban J connectivity index is 4.79. The van der Waals surface area contributed by atoms with Crippen LogP contribution < -0.4 is 22.1 Å². The first-order chi connectivity index (χ1) is 11.2. The minimum Gasteiger partial charge on any atom is -0.480 e. The van der Waals surface area contributed by atoms with E-state index in [9.17, 15) is 19.2 Å². The van der Waals surface area contributed by atoms with Crippen molar-refractivity contribution in [1.82, 2.24) is 10.6 Å². The van der Waals surface area contributed by atoms with E-state index >= 15 is 0 Å². The second kappa shape index (κ2) is 11.6. The van der Waals surface area contributed by atoms with Gasteiger partial charge in [-0.05, 0) is 24.9 Å². The number of nitrogens with one attached hydrogen (secondary N) is 2. The molecule has 0 spiro atoms. The molecule has 0 saturated heterocycles. The Kier molecular flexibility index (Phi) is 10.8. The van der Waals surface area contributed by atoms with Crippen LogP contribution in [-0.4, -0.2) is 70.6 Å². The second-order valence-corrected chi connectivity index (χ2v) is 6.02. The maximum absolute atomic E-state index is 12.1. The van der Waals surface area contributed by atoms with Crippen LogP contribution in [0.3, 0.4) is 0 Å². The van der Waals surface area contributed by atoms with Gasteiger partial charge in [0.25, 0.3) is 0 Å². The lowest BCUT2D eigenvalue weighted by Crippen LogP contribution is -2.55. The van der Waals surface area contributed by atoms with Gasteiger partial charge in [-0.25, -0.2) is 4.79 Å². The standard InChI is InChI=1S/C13H24N4O6S/c1-24-5-4-8(12(21)17-9(6-18)13(22)23)16-11(20)7(14)2-3-10(15)19/h7-9,18H,2-6,14H2,1H3,(H2,15,19)(H,16,20)(H,17,21)(H,22,23). The zero-order valence-corrected chi connectivity index (χ0v) is 14.2. The van der Waals surface area contributed by atoms with E-state index in [0.717, 1.165) is 0 Å². The molecule has 0 aliphatic heterocycles. The Bertz CT molecular complexity index is 462. The number of amides is 3. The average Bonchev–Trinajstić information content (AvgIpc) is 2.52. The van der Waals surface area contributed by atoms with Crippen LogP contribution in [0.1, 0.15) is 19.3 Å². The summed E-state index contributed by atoms with van der Waals surface area (Å²) in [5.74, 6) is -2.83. The van der Waals surface area contributed by atoms with Gasteiger partial charge < -0.3 is 32.3 Å². The molecule has 0 aliphatic rings. The molecule has 0 heterocycles. The quantitative estimate of drug-likeness (QED) is 0.217. The number of carboxylic acids is 1. The summed E-state index contributed by atoms with van der Waals surface area (Å²) in [5, 5.41) is 22.4. The van der Waals surface area contributed by atoms with E-state index in [1.807, 2.05) is 6.26 Å². The largest absolute Gasteiger partial charge is 0.480 e. The Morgan fingerprint density at radius 1 is 1.08 bits per heavy atom. The minimum absolute atomic E-state index is 0.0342. The molecule has 0 aromatic heterocycles. The summed E-state index contributed by atoms with van der Waals surface area (Å²) in [7, 11) is 0. The fraction of sp³-hybridized carbons (Fsp3) is 0.692. The first-order valence-corrected chi connectivity index (χ1v) is 8.59. The van der Waals surface area contributed by atoms with Crippen LogP contribution in [-0.2, 0) is 19.2 Å². The van der Waals surface area contributed by atoms with Crippen molar-refractivity contribution in [2.45, 2.75) is 37.4 Å². The van der Waals surface area contributed by atoms with Crippen LogP contribution in [0.2, 0.25) is 0 Å². The number of aliphatic hydroxyl groups excluding tert-OH is 1. The molecule has 10 nitrogen and oxygen atoms in total. The lowest BCUT2D eigenvalue weighted by atomic mass is 10.1. The number of aliphatic hydroxyl groups is 1. The van der Waals surface area contributed by atoms with Crippen molar-refractivity contribution in [2.24, 2.45) is 11.5 Å². The molecule has 11 heteroatoms. The van der Waals surface area contributed by atoms with Gasteiger partial charge in [-0.1, -0.05) is 0 Å². The van der Waals surface area contributed by atoms with Crippen LogP contribution >= 0.6 is 11.8 Å². The molecule has 0 aliphatic carbocycles. The van der Waals surface area contributed by atoms with Gasteiger partial charge in [0.05, 0.1) is 12.6 Å². The predicted molar refractivity (Wildman–Crippen MR) is 88.0 cm³/mol. The van der Waals surface area contributed by atoms with Gasteiger partial charge in [-0.2, -0.15) is 11.8 Å². The second-order valence-electron chi connectivity index (χ2n) is 5.04. The van der Waals surface area contributed by atoms with Crippen molar-refractivity contribution < 1.29 is 29.4 Å². The van der Waals surface area contributed by atoms with Gasteiger partial charge in [0.1, 0.15) is 12.1 Å². The molecule has 0 radical (unpaired) electrons. The zero-order chi connectivity index (χ0) is 18.7. The lowest BCUT2D eigenvalue weighted by Gasteiger charge is -2.22. The van der Waals surface area contributed by atoms with Gasteiger partial charge in [-0.15, -0.1) is 0 Å². The van der Waals surface area contributed by atoms with E-state index in [2.05, 4.69) is 10.6 Å².